The number of benzene rings is 3. The van der Waals surface area contributed by atoms with E-state index in [0.29, 0.717) is 5.02 Å². The van der Waals surface area contributed by atoms with Crippen molar-refractivity contribution in [2.75, 3.05) is 6.61 Å². The summed E-state index contributed by atoms with van der Waals surface area (Å²) < 4.78 is 0. The SMILES string of the molecule is O=C(/C=C/c1ccccc1Cl)NC(CO)c1ccc2ccccc2c1. The van der Waals surface area contributed by atoms with E-state index in [4.69, 9.17) is 11.6 Å². The van der Waals surface area contributed by atoms with Crippen LogP contribution in [0.25, 0.3) is 16.8 Å². The lowest BCUT2D eigenvalue weighted by Gasteiger charge is -2.16. The fraction of sp³-hybridized carbons (Fsp3) is 0.0952. The Kier molecular flexibility index (Phi) is 5.49. The van der Waals surface area contributed by atoms with Crippen molar-refractivity contribution >= 4 is 34.4 Å². The van der Waals surface area contributed by atoms with Crippen LogP contribution in [0.2, 0.25) is 5.02 Å². The van der Waals surface area contributed by atoms with Gasteiger partial charge in [0.05, 0.1) is 12.6 Å². The van der Waals surface area contributed by atoms with E-state index in [1.807, 2.05) is 60.7 Å². The van der Waals surface area contributed by atoms with Crippen molar-refractivity contribution in [1.29, 1.82) is 0 Å². The van der Waals surface area contributed by atoms with Crippen molar-refractivity contribution in [3.05, 3.63) is 89.0 Å². The van der Waals surface area contributed by atoms with Crippen LogP contribution in [0.3, 0.4) is 0 Å². The molecule has 0 saturated heterocycles. The van der Waals surface area contributed by atoms with Crippen LogP contribution in [-0.2, 0) is 4.79 Å². The molecule has 3 aromatic carbocycles. The lowest BCUT2D eigenvalue weighted by molar-refractivity contribution is -0.117. The number of halogens is 1. The van der Waals surface area contributed by atoms with Crippen LogP contribution in [0.5, 0.6) is 0 Å². The summed E-state index contributed by atoms with van der Waals surface area (Å²) in [6.45, 7) is -0.177. The Balaban J connectivity index is 1.74. The van der Waals surface area contributed by atoms with Crippen LogP contribution >= 0.6 is 11.6 Å². The Labute approximate surface area is 151 Å². The van der Waals surface area contributed by atoms with Crippen LogP contribution in [-0.4, -0.2) is 17.6 Å². The molecule has 0 radical (unpaired) electrons. The molecule has 3 nitrogen and oxygen atoms in total. The highest BCUT2D eigenvalue weighted by molar-refractivity contribution is 6.32. The monoisotopic (exact) mass is 351 g/mol. The number of aliphatic hydroxyl groups is 1. The number of nitrogens with one attached hydrogen (secondary N) is 1. The Morgan fingerprint density at radius 1 is 1.04 bits per heavy atom. The van der Waals surface area contributed by atoms with Gasteiger partial charge < -0.3 is 10.4 Å². The summed E-state index contributed by atoms with van der Waals surface area (Å²) in [6, 6.07) is 20.7. The maximum Gasteiger partial charge on any atom is 0.244 e. The van der Waals surface area contributed by atoms with Gasteiger partial charge in [-0.3, -0.25) is 4.79 Å². The van der Waals surface area contributed by atoms with Gasteiger partial charge in [-0.2, -0.15) is 0 Å². The van der Waals surface area contributed by atoms with Gasteiger partial charge in [0.1, 0.15) is 0 Å². The van der Waals surface area contributed by atoms with E-state index in [-0.39, 0.29) is 12.5 Å². The molecule has 3 aromatic rings. The summed E-state index contributed by atoms with van der Waals surface area (Å²) in [5.41, 5.74) is 1.63. The first-order valence-corrected chi connectivity index (χ1v) is 8.38. The molecule has 0 aliphatic carbocycles. The Morgan fingerprint density at radius 3 is 2.52 bits per heavy atom. The molecule has 0 aromatic heterocycles. The zero-order valence-corrected chi connectivity index (χ0v) is 14.3. The molecule has 1 amide bonds. The number of fused-ring (bicyclic) bond motifs is 1. The van der Waals surface area contributed by atoms with E-state index in [0.717, 1.165) is 21.9 Å². The highest BCUT2D eigenvalue weighted by atomic mass is 35.5. The third kappa shape index (κ3) is 4.27. The second-order valence-electron chi connectivity index (χ2n) is 5.71. The van der Waals surface area contributed by atoms with Gasteiger partial charge in [0, 0.05) is 11.1 Å². The summed E-state index contributed by atoms with van der Waals surface area (Å²) in [4.78, 5) is 12.2. The summed E-state index contributed by atoms with van der Waals surface area (Å²) >= 11 is 6.07. The second kappa shape index (κ2) is 7.97. The molecule has 1 unspecified atom stereocenters. The van der Waals surface area contributed by atoms with Gasteiger partial charge in [0.2, 0.25) is 5.91 Å². The molecule has 1 atom stereocenters. The molecular weight excluding hydrogens is 334 g/mol. The Bertz CT molecular complexity index is 920. The van der Waals surface area contributed by atoms with Gasteiger partial charge in [-0.25, -0.2) is 0 Å². The van der Waals surface area contributed by atoms with Crippen molar-refractivity contribution in [3.63, 3.8) is 0 Å². The van der Waals surface area contributed by atoms with Gasteiger partial charge in [0.15, 0.2) is 0 Å². The first-order valence-electron chi connectivity index (χ1n) is 8.00. The van der Waals surface area contributed by atoms with Gasteiger partial charge in [-0.1, -0.05) is 66.2 Å². The normalized spacial score (nSPS) is 12.4. The number of amides is 1. The summed E-state index contributed by atoms with van der Waals surface area (Å²) in [5, 5.41) is 15.3. The molecule has 0 aliphatic heterocycles. The number of hydrogen-bond donors (Lipinski definition) is 2. The highest BCUT2D eigenvalue weighted by Crippen LogP contribution is 2.21. The van der Waals surface area contributed by atoms with Crippen LogP contribution in [0.4, 0.5) is 0 Å². The summed E-state index contributed by atoms with van der Waals surface area (Å²) in [6.07, 6.45) is 3.08. The molecule has 0 heterocycles. The lowest BCUT2D eigenvalue weighted by atomic mass is 10.0. The molecule has 25 heavy (non-hydrogen) atoms. The number of carbonyl (C=O) groups excluding carboxylic acids is 1. The second-order valence-corrected chi connectivity index (χ2v) is 6.11. The van der Waals surface area contributed by atoms with E-state index in [2.05, 4.69) is 5.32 Å². The average molecular weight is 352 g/mol. The predicted molar refractivity (Wildman–Crippen MR) is 102 cm³/mol. The first kappa shape index (κ1) is 17.2. The molecular formula is C21H18ClNO2. The largest absolute Gasteiger partial charge is 0.394 e. The maximum atomic E-state index is 12.2. The van der Waals surface area contributed by atoms with Crippen LogP contribution in [0, 0.1) is 0 Å². The molecule has 0 bridgehead atoms. The number of rotatable bonds is 5. The van der Waals surface area contributed by atoms with E-state index in [9.17, 15) is 9.90 Å². The van der Waals surface area contributed by atoms with Crippen LogP contribution in [0.15, 0.2) is 72.8 Å². The molecule has 0 fully saturated rings. The molecule has 3 rings (SSSR count). The summed E-state index contributed by atoms with van der Waals surface area (Å²) in [5.74, 6) is -0.285. The zero-order chi connectivity index (χ0) is 17.6. The van der Waals surface area contributed by atoms with Gasteiger partial charge in [-0.15, -0.1) is 0 Å². The van der Waals surface area contributed by atoms with Gasteiger partial charge >= 0.3 is 0 Å². The van der Waals surface area contributed by atoms with Crippen LogP contribution in [0.1, 0.15) is 17.2 Å². The van der Waals surface area contributed by atoms with Crippen molar-refractivity contribution in [3.8, 4) is 0 Å². The van der Waals surface area contributed by atoms with E-state index < -0.39 is 6.04 Å². The smallest absolute Gasteiger partial charge is 0.244 e. The zero-order valence-electron chi connectivity index (χ0n) is 13.5. The van der Waals surface area contributed by atoms with Gasteiger partial charge in [-0.05, 0) is 40.1 Å². The minimum atomic E-state index is -0.465. The number of aliphatic hydroxyl groups excluding tert-OH is 1. The lowest BCUT2D eigenvalue weighted by Crippen LogP contribution is -2.29. The van der Waals surface area contributed by atoms with E-state index >= 15 is 0 Å². The maximum absolute atomic E-state index is 12.2. The molecule has 0 spiro atoms. The molecule has 126 valence electrons. The summed E-state index contributed by atoms with van der Waals surface area (Å²) in [7, 11) is 0. The standard InChI is InChI=1S/C21H18ClNO2/c22-19-8-4-3-6-16(19)11-12-21(25)23-20(14-24)18-10-9-15-5-1-2-7-17(15)13-18/h1-13,20,24H,14H2,(H,23,25)/b12-11+. The highest BCUT2D eigenvalue weighted by Gasteiger charge is 2.12. The topological polar surface area (TPSA) is 49.3 Å². The fourth-order valence-electron chi connectivity index (χ4n) is 2.65. The fourth-order valence-corrected chi connectivity index (χ4v) is 2.85. The first-order chi connectivity index (χ1) is 12.2. The Hall–Kier alpha value is -2.62. The molecule has 0 saturated carbocycles. The quantitative estimate of drug-likeness (QED) is 0.671. The minimum Gasteiger partial charge on any atom is -0.394 e. The van der Waals surface area contributed by atoms with Gasteiger partial charge in [0.25, 0.3) is 0 Å². The van der Waals surface area contributed by atoms with Crippen molar-refractivity contribution < 1.29 is 9.90 Å². The molecule has 2 N–H and O–H groups in total. The van der Waals surface area contributed by atoms with E-state index in [1.165, 1.54) is 6.08 Å². The van der Waals surface area contributed by atoms with E-state index in [1.54, 1.807) is 12.1 Å². The minimum absolute atomic E-state index is 0.177. The Morgan fingerprint density at radius 2 is 1.76 bits per heavy atom. The predicted octanol–water partition coefficient (Wildman–Crippen LogP) is 4.36. The molecule has 0 aliphatic rings. The van der Waals surface area contributed by atoms with Crippen molar-refractivity contribution in [2.24, 2.45) is 0 Å². The number of carbonyl (C=O) groups is 1. The third-order valence-electron chi connectivity index (χ3n) is 3.99. The molecule has 4 heteroatoms. The number of hydrogen-bond acceptors (Lipinski definition) is 2. The third-order valence-corrected chi connectivity index (χ3v) is 4.34. The van der Waals surface area contributed by atoms with Crippen molar-refractivity contribution in [2.45, 2.75) is 6.04 Å². The average Bonchev–Trinajstić information content (AvgIpc) is 2.65. The van der Waals surface area contributed by atoms with Crippen molar-refractivity contribution in [1.82, 2.24) is 5.32 Å². The van der Waals surface area contributed by atoms with Crippen LogP contribution < -0.4 is 5.32 Å².